The van der Waals surface area contributed by atoms with Gasteiger partial charge in [0.1, 0.15) is 5.75 Å². The maximum Gasteiger partial charge on any atom is 0.311 e. The first-order chi connectivity index (χ1) is 9.67. The van der Waals surface area contributed by atoms with Crippen LogP contribution in [-0.4, -0.2) is 32.3 Å². The van der Waals surface area contributed by atoms with Gasteiger partial charge in [-0.15, -0.1) is 0 Å². The Morgan fingerprint density at radius 3 is 2.65 bits per heavy atom. The van der Waals surface area contributed by atoms with Gasteiger partial charge in [0, 0.05) is 6.04 Å². The summed E-state index contributed by atoms with van der Waals surface area (Å²) >= 11 is 0. The van der Waals surface area contributed by atoms with Crippen LogP contribution in [-0.2, 0) is 9.53 Å². The van der Waals surface area contributed by atoms with E-state index >= 15 is 0 Å². The molecule has 1 aromatic rings. The molecule has 0 amide bonds. The Balaban J connectivity index is 2.22. The second-order valence-corrected chi connectivity index (χ2v) is 5.19. The number of esters is 1. The molecule has 1 aromatic carbocycles. The highest BCUT2D eigenvalue weighted by molar-refractivity contribution is 5.75. The van der Waals surface area contributed by atoms with Gasteiger partial charge in [-0.2, -0.15) is 0 Å². The largest absolute Gasteiger partial charge is 0.497 e. The molecule has 1 aliphatic rings. The van der Waals surface area contributed by atoms with Crippen LogP contribution in [0.2, 0.25) is 0 Å². The summed E-state index contributed by atoms with van der Waals surface area (Å²) in [6.07, 6.45) is 0.945. The minimum Gasteiger partial charge on any atom is -0.497 e. The molecule has 0 spiro atoms. The smallest absolute Gasteiger partial charge is 0.311 e. The Labute approximate surface area is 120 Å². The summed E-state index contributed by atoms with van der Waals surface area (Å²) in [6, 6.07) is 8.13. The minimum absolute atomic E-state index is 0.104. The van der Waals surface area contributed by atoms with Crippen molar-refractivity contribution in [2.24, 2.45) is 5.92 Å². The predicted molar refractivity (Wildman–Crippen MR) is 77.9 cm³/mol. The van der Waals surface area contributed by atoms with Crippen LogP contribution in [0, 0.1) is 5.92 Å². The topological polar surface area (TPSA) is 47.6 Å². The molecule has 1 aliphatic heterocycles. The molecule has 2 rings (SSSR count). The van der Waals surface area contributed by atoms with E-state index < -0.39 is 0 Å². The number of piperidine rings is 1. The molecular weight excluding hydrogens is 254 g/mol. The monoisotopic (exact) mass is 277 g/mol. The van der Waals surface area contributed by atoms with Gasteiger partial charge in [-0.3, -0.25) is 4.79 Å². The maximum absolute atomic E-state index is 12.2. The first-order valence-electron chi connectivity index (χ1n) is 7.21. The number of rotatable bonds is 4. The van der Waals surface area contributed by atoms with E-state index in [9.17, 15) is 4.79 Å². The fourth-order valence-electron chi connectivity index (χ4n) is 2.95. The molecule has 0 aromatic heterocycles. The summed E-state index contributed by atoms with van der Waals surface area (Å²) in [5.74, 6) is 0.810. The van der Waals surface area contributed by atoms with Gasteiger partial charge in [0.05, 0.1) is 19.6 Å². The van der Waals surface area contributed by atoms with E-state index in [-0.39, 0.29) is 23.8 Å². The van der Waals surface area contributed by atoms with Crippen LogP contribution < -0.4 is 10.1 Å². The number of nitrogens with one attached hydrogen (secondary N) is 1. The van der Waals surface area contributed by atoms with Gasteiger partial charge in [0.2, 0.25) is 0 Å². The molecule has 4 nitrogen and oxygen atoms in total. The maximum atomic E-state index is 12.2. The molecule has 0 radical (unpaired) electrons. The zero-order valence-electron chi connectivity index (χ0n) is 12.4. The van der Waals surface area contributed by atoms with Crippen molar-refractivity contribution in [2.45, 2.75) is 32.2 Å². The predicted octanol–water partition coefficient (Wildman–Crippen LogP) is 2.34. The molecule has 110 valence electrons. The van der Waals surface area contributed by atoms with E-state index in [0.29, 0.717) is 6.61 Å². The normalized spacial score (nSPS) is 26.1. The van der Waals surface area contributed by atoms with E-state index in [1.54, 1.807) is 7.11 Å². The van der Waals surface area contributed by atoms with E-state index in [1.807, 2.05) is 31.2 Å². The zero-order valence-corrected chi connectivity index (χ0v) is 12.4. The Morgan fingerprint density at radius 1 is 1.35 bits per heavy atom. The van der Waals surface area contributed by atoms with Gasteiger partial charge in [-0.05, 0) is 50.4 Å². The highest BCUT2D eigenvalue weighted by atomic mass is 16.5. The first-order valence-corrected chi connectivity index (χ1v) is 7.21. The van der Waals surface area contributed by atoms with Crippen molar-refractivity contribution in [1.29, 1.82) is 0 Å². The molecule has 20 heavy (non-hydrogen) atoms. The Bertz CT molecular complexity index is 444. The second-order valence-electron chi connectivity index (χ2n) is 5.19. The summed E-state index contributed by atoms with van der Waals surface area (Å²) < 4.78 is 10.4. The van der Waals surface area contributed by atoms with E-state index in [0.717, 1.165) is 18.7 Å². The van der Waals surface area contributed by atoms with E-state index in [2.05, 4.69) is 12.2 Å². The summed E-state index contributed by atoms with van der Waals surface area (Å²) in [7, 11) is 1.66. The zero-order chi connectivity index (χ0) is 14.5. The second kappa shape index (κ2) is 6.75. The highest BCUT2D eigenvalue weighted by Gasteiger charge is 2.37. The van der Waals surface area contributed by atoms with E-state index in [1.165, 1.54) is 5.56 Å². The van der Waals surface area contributed by atoms with Crippen molar-refractivity contribution in [3.63, 3.8) is 0 Å². The van der Waals surface area contributed by atoms with Crippen LogP contribution in [0.4, 0.5) is 0 Å². The van der Waals surface area contributed by atoms with Crippen molar-refractivity contribution in [1.82, 2.24) is 5.32 Å². The van der Waals surface area contributed by atoms with Crippen LogP contribution in [0.15, 0.2) is 24.3 Å². The minimum atomic E-state index is -0.128. The molecule has 3 atom stereocenters. The van der Waals surface area contributed by atoms with Crippen LogP contribution in [0.5, 0.6) is 5.75 Å². The Kier molecular flexibility index (Phi) is 5.01. The van der Waals surface area contributed by atoms with Gasteiger partial charge in [-0.1, -0.05) is 12.1 Å². The number of carbonyl (C=O) groups excluding carboxylic acids is 1. The number of hydrogen-bond donors (Lipinski definition) is 1. The third kappa shape index (κ3) is 3.12. The molecule has 1 saturated heterocycles. The summed E-state index contributed by atoms with van der Waals surface area (Å²) in [6.45, 7) is 5.25. The molecule has 1 fully saturated rings. The molecule has 1 heterocycles. The fourth-order valence-corrected chi connectivity index (χ4v) is 2.95. The molecule has 0 saturated carbocycles. The summed E-state index contributed by atoms with van der Waals surface area (Å²) in [5.41, 5.74) is 1.18. The average Bonchev–Trinajstić information content (AvgIpc) is 2.47. The number of carbonyl (C=O) groups is 1. The number of methoxy groups -OCH3 is 1. The number of benzene rings is 1. The Morgan fingerprint density at radius 2 is 2.05 bits per heavy atom. The van der Waals surface area contributed by atoms with Crippen LogP contribution in [0.25, 0.3) is 0 Å². The lowest BCUT2D eigenvalue weighted by molar-refractivity contribution is -0.150. The molecule has 4 heteroatoms. The van der Waals surface area contributed by atoms with Gasteiger partial charge in [-0.25, -0.2) is 0 Å². The van der Waals surface area contributed by atoms with Gasteiger partial charge in [0.25, 0.3) is 0 Å². The summed E-state index contributed by atoms with van der Waals surface area (Å²) in [4.78, 5) is 12.2. The van der Waals surface area contributed by atoms with Crippen molar-refractivity contribution in [2.75, 3.05) is 20.3 Å². The molecular formula is C16H23NO3. The average molecular weight is 277 g/mol. The highest BCUT2D eigenvalue weighted by Crippen LogP contribution is 2.34. The van der Waals surface area contributed by atoms with Crippen molar-refractivity contribution < 1.29 is 14.3 Å². The lowest BCUT2D eigenvalue weighted by atomic mass is 9.77. The third-order valence-corrected chi connectivity index (χ3v) is 4.00. The van der Waals surface area contributed by atoms with Crippen LogP contribution in [0.1, 0.15) is 31.7 Å². The lowest BCUT2D eigenvalue weighted by Crippen LogP contribution is -2.47. The van der Waals surface area contributed by atoms with Crippen LogP contribution >= 0.6 is 0 Å². The number of hydrogen-bond acceptors (Lipinski definition) is 4. The fraction of sp³-hybridized carbons (Fsp3) is 0.562. The van der Waals surface area contributed by atoms with Crippen molar-refractivity contribution in [3.8, 4) is 5.75 Å². The summed E-state index contributed by atoms with van der Waals surface area (Å²) in [5, 5.41) is 3.37. The molecule has 1 N–H and O–H groups in total. The van der Waals surface area contributed by atoms with Gasteiger partial charge in [0.15, 0.2) is 0 Å². The third-order valence-electron chi connectivity index (χ3n) is 4.00. The molecule has 0 bridgehead atoms. The molecule has 0 unspecified atom stereocenters. The molecule has 0 aliphatic carbocycles. The Hall–Kier alpha value is -1.55. The van der Waals surface area contributed by atoms with E-state index in [4.69, 9.17) is 9.47 Å². The lowest BCUT2D eigenvalue weighted by Gasteiger charge is -2.36. The van der Waals surface area contributed by atoms with Crippen molar-refractivity contribution >= 4 is 5.97 Å². The number of ether oxygens (including phenoxy) is 2. The van der Waals surface area contributed by atoms with Gasteiger partial charge < -0.3 is 14.8 Å². The first kappa shape index (κ1) is 14.9. The SMILES string of the molecule is CCOC(=O)[C@@H]1[C@@H](C)NCC[C@H]1c1ccc(OC)cc1. The standard InChI is InChI=1S/C16H23NO3/c1-4-20-16(18)15-11(2)17-10-9-14(15)12-5-7-13(19-3)8-6-12/h5-8,11,14-15,17H,4,9-10H2,1-3H3/t11-,14+,15-/m1/s1. The van der Waals surface area contributed by atoms with Crippen molar-refractivity contribution in [3.05, 3.63) is 29.8 Å². The van der Waals surface area contributed by atoms with Crippen LogP contribution in [0.3, 0.4) is 0 Å². The van der Waals surface area contributed by atoms with Gasteiger partial charge >= 0.3 is 5.97 Å². The quantitative estimate of drug-likeness (QED) is 0.858.